The third kappa shape index (κ3) is 4.34. The van der Waals surface area contributed by atoms with E-state index < -0.39 is 11.8 Å². The molecule has 2 aromatic rings. The molecular formula is C14H16N4O2. The third-order valence-corrected chi connectivity index (χ3v) is 2.40. The Hall–Kier alpha value is -3.02. The van der Waals surface area contributed by atoms with Crippen molar-refractivity contribution in [1.29, 1.82) is 0 Å². The molecule has 0 unspecified atom stereocenters. The van der Waals surface area contributed by atoms with Crippen LogP contribution in [0.4, 0.5) is 11.4 Å². The number of hydrogen-bond donors (Lipinski definition) is 4. The molecule has 0 atom stereocenters. The molecule has 0 aliphatic heterocycles. The lowest BCUT2D eigenvalue weighted by molar-refractivity contribution is 0.0992. The molecule has 0 aliphatic rings. The largest absolute Gasteiger partial charge is 0.399 e. The number of nitrogen functional groups attached to an aromatic ring is 2. The van der Waals surface area contributed by atoms with Crippen molar-refractivity contribution in [2.75, 3.05) is 11.5 Å². The minimum atomic E-state index is -0.488. The minimum Gasteiger partial charge on any atom is -0.399 e. The van der Waals surface area contributed by atoms with Crippen molar-refractivity contribution in [2.24, 2.45) is 11.5 Å². The standard InChI is InChI=1S/2C7H8N2O/c8-6-3-1-2-5(4-6)7(9)10;8-6-4-2-1-3-5(6)7(9)10/h2*1-4H,8H2,(H2,9,10). The van der Waals surface area contributed by atoms with Crippen LogP contribution in [0.5, 0.6) is 0 Å². The number of nitrogens with two attached hydrogens (primary N) is 4. The summed E-state index contributed by atoms with van der Waals surface area (Å²) >= 11 is 0. The fraction of sp³-hybridized carbons (Fsp3) is 0. The minimum absolute atomic E-state index is 0.377. The van der Waals surface area contributed by atoms with Crippen LogP contribution in [-0.2, 0) is 0 Å². The topological polar surface area (TPSA) is 138 Å². The molecule has 6 heteroatoms. The predicted octanol–water partition coefficient (Wildman–Crippen LogP) is 0.735. The number of primary amides is 2. The molecule has 2 aromatic carbocycles. The fourth-order valence-electron chi connectivity index (χ4n) is 1.41. The molecule has 2 amide bonds. The summed E-state index contributed by atoms with van der Waals surface area (Å²) in [5, 5.41) is 0. The molecular weight excluding hydrogens is 256 g/mol. The van der Waals surface area contributed by atoms with Crippen molar-refractivity contribution in [3.63, 3.8) is 0 Å². The normalized spacial score (nSPS) is 9.20. The Labute approximate surface area is 116 Å². The molecule has 0 fully saturated rings. The number of benzene rings is 2. The monoisotopic (exact) mass is 272 g/mol. The first kappa shape index (κ1) is 15.0. The van der Waals surface area contributed by atoms with Gasteiger partial charge in [-0.15, -0.1) is 0 Å². The molecule has 6 nitrogen and oxygen atoms in total. The van der Waals surface area contributed by atoms with Crippen LogP contribution in [0.2, 0.25) is 0 Å². The summed E-state index contributed by atoms with van der Waals surface area (Å²) in [7, 11) is 0. The summed E-state index contributed by atoms with van der Waals surface area (Å²) in [6, 6.07) is 13.3. The summed E-state index contributed by atoms with van der Waals surface area (Å²) in [6.45, 7) is 0. The van der Waals surface area contributed by atoms with Gasteiger partial charge >= 0.3 is 0 Å². The van der Waals surface area contributed by atoms with Gasteiger partial charge < -0.3 is 22.9 Å². The molecule has 104 valence electrons. The van der Waals surface area contributed by atoms with E-state index in [-0.39, 0.29) is 0 Å². The Morgan fingerprint density at radius 3 is 1.85 bits per heavy atom. The van der Waals surface area contributed by atoms with Crippen LogP contribution in [0.3, 0.4) is 0 Å². The number of anilines is 2. The average molecular weight is 272 g/mol. The SMILES string of the molecule is NC(=O)c1cccc(N)c1.NC(=O)c1ccccc1N. The van der Waals surface area contributed by atoms with Crippen LogP contribution in [0.25, 0.3) is 0 Å². The maximum atomic E-state index is 10.6. The van der Waals surface area contributed by atoms with Gasteiger partial charge in [0.2, 0.25) is 5.91 Å². The molecule has 0 radical (unpaired) electrons. The second-order valence-electron chi connectivity index (χ2n) is 3.94. The third-order valence-electron chi connectivity index (χ3n) is 2.40. The van der Waals surface area contributed by atoms with Crippen molar-refractivity contribution < 1.29 is 9.59 Å². The Morgan fingerprint density at radius 2 is 1.45 bits per heavy atom. The second-order valence-corrected chi connectivity index (χ2v) is 3.94. The quantitative estimate of drug-likeness (QED) is 0.598. The number of carbonyl (C=O) groups is 2. The fourth-order valence-corrected chi connectivity index (χ4v) is 1.41. The summed E-state index contributed by atoms with van der Waals surface area (Å²) in [5.74, 6) is -0.939. The maximum absolute atomic E-state index is 10.6. The van der Waals surface area contributed by atoms with E-state index in [9.17, 15) is 9.59 Å². The Morgan fingerprint density at radius 1 is 0.800 bits per heavy atom. The molecule has 0 aliphatic carbocycles. The number of amides is 2. The molecule has 0 heterocycles. The van der Waals surface area contributed by atoms with E-state index in [0.29, 0.717) is 22.5 Å². The highest BCUT2D eigenvalue weighted by molar-refractivity contribution is 5.97. The number of para-hydroxylation sites is 1. The number of carbonyl (C=O) groups excluding carboxylic acids is 2. The van der Waals surface area contributed by atoms with Gasteiger partial charge in [-0.05, 0) is 30.3 Å². The van der Waals surface area contributed by atoms with Crippen molar-refractivity contribution in [2.45, 2.75) is 0 Å². The molecule has 0 spiro atoms. The van der Waals surface area contributed by atoms with E-state index in [1.807, 2.05) is 0 Å². The van der Waals surface area contributed by atoms with E-state index in [0.717, 1.165) is 0 Å². The molecule has 2 rings (SSSR count). The van der Waals surface area contributed by atoms with Gasteiger partial charge in [-0.2, -0.15) is 0 Å². The van der Waals surface area contributed by atoms with Gasteiger partial charge in [-0.3, -0.25) is 9.59 Å². The van der Waals surface area contributed by atoms with E-state index in [1.54, 1.807) is 48.5 Å². The lowest BCUT2D eigenvalue weighted by Crippen LogP contribution is -2.12. The molecule has 20 heavy (non-hydrogen) atoms. The molecule has 0 aromatic heterocycles. The smallest absolute Gasteiger partial charge is 0.250 e. The Kier molecular flexibility index (Phi) is 5.11. The molecule has 0 bridgehead atoms. The second kappa shape index (κ2) is 6.79. The highest BCUT2D eigenvalue weighted by atomic mass is 16.1. The summed E-state index contributed by atoms with van der Waals surface area (Å²) < 4.78 is 0. The van der Waals surface area contributed by atoms with Crippen LogP contribution in [-0.4, -0.2) is 11.8 Å². The lowest BCUT2D eigenvalue weighted by Gasteiger charge is -1.97. The summed E-state index contributed by atoms with van der Waals surface area (Å²) in [4.78, 5) is 21.1. The van der Waals surface area contributed by atoms with Crippen LogP contribution >= 0.6 is 0 Å². The van der Waals surface area contributed by atoms with Crippen LogP contribution < -0.4 is 22.9 Å². The van der Waals surface area contributed by atoms with Gasteiger partial charge in [0.05, 0.1) is 5.56 Å². The van der Waals surface area contributed by atoms with Gasteiger partial charge in [0.15, 0.2) is 0 Å². The van der Waals surface area contributed by atoms with Crippen molar-refractivity contribution in [1.82, 2.24) is 0 Å². The van der Waals surface area contributed by atoms with Gasteiger partial charge in [-0.1, -0.05) is 18.2 Å². The summed E-state index contributed by atoms with van der Waals surface area (Å²) in [6.07, 6.45) is 0. The zero-order valence-electron chi connectivity index (χ0n) is 10.7. The van der Waals surface area contributed by atoms with Gasteiger partial charge in [0, 0.05) is 16.9 Å². The van der Waals surface area contributed by atoms with Crippen LogP contribution in [0, 0.1) is 0 Å². The number of rotatable bonds is 2. The first-order valence-electron chi connectivity index (χ1n) is 5.71. The van der Waals surface area contributed by atoms with Gasteiger partial charge in [-0.25, -0.2) is 0 Å². The van der Waals surface area contributed by atoms with Crippen LogP contribution in [0.15, 0.2) is 48.5 Å². The van der Waals surface area contributed by atoms with E-state index in [1.165, 1.54) is 0 Å². The van der Waals surface area contributed by atoms with Crippen molar-refractivity contribution >= 4 is 23.2 Å². The molecule has 8 N–H and O–H groups in total. The Bertz CT molecular complexity index is 626. The van der Waals surface area contributed by atoms with Crippen LogP contribution in [0.1, 0.15) is 20.7 Å². The Balaban J connectivity index is 0.000000200. The predicted molar refractivity (Wildman–Crippen MR) is 78.7 cm³/mol. The molecule has 0 saturated carbocycles. The first-order chi connectivity index (χ1) is 9.41. The van der Waals surface area contributed by atoms with Gasteiger partial charge in [0.25, 0.3) is 5.91 Å². The van der Waals surface area contributed by atoms with Crippen molar-refractivity contribution in [3.05, 3.63) is 59.7 Å². The average Bonchev–Trinajstić information content (AvgIpc) is 2.39. The number of hydrogen-bond acceptors (Lipinski definition) is 4. The summed E-state index contributed by atoms with van der Waals surface area (Å²) in [5.41, 5.74) is 22.6. The van der Waals surface area contributed by atoms with Gasteiger partial charge in [0.1, 0.15) is 0 Å². The van der Waals surface area contributed by atoms with E-state index >= 15 is 0 Å². The molecule has 0 saturated heterocycles. The van der Waals surface area contributed by atoms with Crippen molar-refractivity contribution in [3.8, 4) is 0 Å². The van der Waals surface area contributed by atoms with E-state index in [2.05, 4.69) is 0 Å². The first-order valence-corrected chi connectivity index (χ1v) is 5.71. The highest BCUT2D eigenvalue weighted by Gasteiger charge is 2.01. The zero-order valence-corrected chi connectivity index (χ0v) is 10.7. The maximum Gasteiger partial charge on any atom is 0.250 e. The lowest BCUT2D eigenvalue weighted by atomic mass is 10.2. The highest BCUT2D eigenvalue weighted by Crippen LogP contribution is 2.08. The van der Waals surface area contributed by atoms with E-state index in [4.69, 9.17) is 22.9 Å². The zero-order chi connectivity index (χ0) is 15.1.